The fourth-order valence-corrected chi connectivity index (χ4v) is 3.06. The Bertz CT molecular complexity index is 1110. The second kappa shape index (κ2) is 8.52. The molecule has 0 aliphatic rings. The van der Waals surface area contributed by atoms with Crippen LogP contribution in [0.15, 0.2) is 40.8 Å². The Balaban J connectivity index is 1.90. The van der Waals surface area contributed by atoms with Crippen LogP contribution in [0.25, 0.3) is 11.0 Å². The van der Waals surface area contributed by atoms with E-state index in [0.29, 0.717) is 6.07 Å². The monoisotopic (exact) mass is 444 g/mol. The fourth-order valence-electron chi connectivity index (χ4n) is 3.06. The standard InChI is InChI=1S/C20H17F5N2O4/c1-9-13-6-11(21)7-14(22)17(13)31-16(9)18(20(23,24)25)27-19(30)26-12-4-2-3-10(5-12)15(29)8-28/h2-7,15,18,28-29H,8H2,1H3,(H2,26,27,30)/t15?,18-/m1/s1. The van der Waals surface area contributed by atoms with E-state index in [2.05, 4.69) is 5.32 Å². The van der Waals surface area contributed by atoms with E-state index in [-0.39, 0.29) is 22.2 Å². The molecule has 0 spiro atoms. The van der Waals surface area contributed by atoms with Crippen LogP contribution in [0.4, 0.5) is 32.4 Å². The van der Waals surface area contributed by atoms with Crippen molar-refractivity contribution in [1.29, 1.82) is 0 Å². The lowest BCUT2D eigenvalue weighted by atomic mass is 10.1. The Morgan fingerprint density at radius 3 is 2.55 bits per heavy atom. The minimum atomic E-state index is -5.01. The number of furan rings is 1. The van der Waals surface area contributed by atoms with E-state index in [1.54, 1.807) is 5.32 Å². The summed E-state index contributed by atoms with van der Waals surface area (Å²) in [5, 5.41) is 22.3. The van der Waals surface area contributed by atoms with Gasteiger partial charge in [0, 0.05) is 22.7 Å². The van der Waals surface area contributed by atoms with Crippen LogP contribution in [-0.4, -0.2) is 29.0 Å². The highest BCUT2D eigenvalue weighted by atomic mass is 19.4. The van der Waals surface area contributed by atoms with E-state index in [1.165, 1.54) is 31.2 Å². The Morgan fingerprint density at radius 2 is 1.90 bits per heavy atom. The van der Waals surface area contributed by atoms with Gasteiger partial charge < -0.3 is 25.3 Å². The summed E-state index contributed by atoms with van der Waals surface area (Å²) in [6.07, 6.45) is -6.25. The zero-order valence-electron chi connectivity index (χ0n) is 15.9. The van der Waals surface area contributed by atoms with Crippen LogP contribution in [0.1, 0.15) is 29.0 Å². The van der Waals surface area contributed by atoms with Crippen molar-refractivity contribution in [3.63, 3.8) is 0 Å². The van der Waals surface area contributed by atoms with Gasteiger partial charge in [-0.2, -0.15) is 13.2 Å². The third-order valence-corrected chi connectivity index (χ3v) is 4.56. The maximum atomic E-state index is 13.9. The summed E-state index contributed by atoms with van der Waals surface area (Å²) in [6, 6.07) is 2.92. The summed E-state index contributed by atoms with van der Waals surface area (Å²) in [5.41, 5.74) is -0.448. The Morgan fingerprint density at radius 1 is 1.19 bits per heavy atom. The second-order valence-corrected chi connectivity index (χ2v) is 6.75. The zero-order valence-corrected chi connectivity index (χ0v) is 15.9. The highest BCUT2D eigenvalue weighted by molar-refractivity contribution is 5.90. The Hall–Kier alpha value is -3.18. The third kappa shape index (κ3) is 4.78. The lowest BCUT2D eigenvalue weighted by molar-refractivity contribution is -0.158. The van der Waals surface area contributed by atoms with Crippen molar-refractivity contribution in [2.24, 2.45) is 0 Å². The highest BCUT2D eigenvalue weighted by Gasteiger charge is 2.45. The lowest BCUT2D eigenvalue weighted by Crippen LogP contribution is -2.40. The van der Waals surface area contributed by atoms with Crippen molar-refractivity contribution >= 4 is 22.7 Å². The quantitative estimate of drug-likeness (QED) is 0.437. The summed E-state index contributed by atoms with van der Waals surface area (Å²) < 4.78 is 73.5. The number of aryl methyl sites for hydroxylation is 1. The first-order valence-corrected chi connectivity index (χ1v) is 8.92. The van der Waals surface area contributed by atoms with Crippen LogP contribution < -0.4 is 10.6 Å². The number of fused-ring (bicyclic) bond motifs is 1. The maximum absolute atomic E-state index is 13.9. The van der Waals surface area contributed by atoms with Crippen molar-refractivity contribution in [2.75, 3.05) is 11.9 Å². The van der Waals surface area contributed by atoms with Crippen LogP contribution in [0.5, 0.6) is 0 Å². The number of nitrogens with one attached hydrogen (secondary N) is 2. The number of rotatable bonds is 5. The first-order chi connectivity index (χ1) is 14.5. The van der Waals surface area contributed by atoms with Crippen molar-refractivity contribution in [3.05, 3.63) is 64.9 Å². The lowest BCUT2D eigenvalue weighted by Gasteiger charge is -2.21. The predicted octanol–water partition coefficient (Wildman–Crippen LogP) is 4.47. The number of carbonyl (C=O) groups excluding carboxylic acids is 1. The van der Waals surface area contributed by atoms with Gasteiger partial charge in [-0.1, -0.05) is 12.1 Å². The summed E-state index contributed by atoms with van der Waals surface area (Å²) in [5.74, 6) is -2.94. The van der Waals surface area contributed by atoms with Crippen molar-refractivity contribution < 1.29 is 41.4 Å². The molecule has 2 aromatic carbocycles. The van der Waals surface area contributed by atoms with Gasteiger partial charge in [-0.3, -0.25) is 0 Å². The second-order valence-electron chi connectivity index (χ2n) is 6.75. The molecular formula is C20H17F5N2O4. The van der Waals surface area contributed by atoms with Crippen molar-refractivity contribution in [3.8, 4) is 0 Å². The van der Waals surface area contributed by atoms with Crippen LogP contribution in [0, 0.1) is 18.6 Å². The molecule has 3 aromatic rings. The number of carbonyl (C=O) groups is 1. The molecule has 1 unspecified atom stereocenters. The number of benzene rings is 2. The molecule has 0 aliphatic carbocycles. The Kier molecular flexibility index (Phi) is 6.18. The molecule has 0 aliphatic heterocycles. The molecule has 2 atom stereocenters. The van der Waals surface area contributed by atoms with E-state index < -0.39 is 53.9 Å². The van der Waals surface area contributed by atoms with E-state index >= 15 is 0 Å². The normalized spacial score (nSPS) is 13.8. The molecule has 6 nitrogen and oxygen atoms in total. The molecule has 1 heterocycles. The molecule has 0 radical (unpaired) electrons. The van der Waals surface area contributed by atoms with Crippen molar-refractivity contribution in [2.45, 2.75) is 25.2 Å². The molecule has 3 rings (SSSR count). The van der Waals surface area contributed by atoms with E-state index in [4.69, 9.17) is 9.52 Å². The molecule has 2 amide bonds. The maximum Gasteiger partial charge on any atom is 0.416 e. The van der Waals surface area contributed by atoms with Gasteiger partial charge in [0.2, 0.25) is 0 Å². The van der Waals surface area contributed by atoms with Gasteiger partial charge in [-0.25, -0.2) is 13.6 Å². The van der Waals surface area contributed by atoms with Gasteiger partial charge in [0.15, 0.2) is 17.4 Å². The molecule has 0 fully saturated rings. The molecular weight excluding hydrogens is 427 g/mol. The number of alkyl halides is 3. The van der Waals surface area contributed by atoms with Gasteiger partial charge in [-0.05, 0) is 30.7 Å². The topological polar surface area (TPSA) is 94.7 Å². The van der Waals surface area contributed by atoms with Gasteiger partial charge in [0.1, 0.15) is 17.7 Å². The molecule has 4 N–H and O–H groups in total. The summed E-state index contributed by atoms with van der Waals surface area (Å²) in [6.45, 7) is 0.604. The minimum Gasteiger partial charge on any atom is -0.455 e. The fraction of sp³-hybridized carbons (Fsp3) is 0.250. The van der Waals surface area contributed by atoms with Gasteiger partial charge in [0.25, 0.3) is 0 Å². The molecule has 31 heavy (non-hydrogen) atoms. The number of hydrogen-bond donors (Lipinski definition) is 4. The number of urea groups is 1. The summed E-state index contributed by atoms with van der Waals surface area (Å²) in [7, 11) is 0. The Labute approximate surface area is 172 Å². The summed E-state index contributed by atoms with van der Waals surface area (Å²) in [4.78, 5) is 12.2. The van der Waals surface area contributed by atoms with Crippen molar-refractivity contribution in [1.82, 2.24) is 5.32 Å². The van der Waals surface area contributed by atoms with E-state index in [1.807, 2.05) is 0 Å². The molecule has 0 saturated heterocycles. The average molecular weight is 444 g/mol. The first-order valence-electron chi connectivity index (χ1n) is 8.92. The van der Waals surface area contributed by atoms with Crippen LogP contribution in [0.2, 0.25) is 0 Å². The van der Waals surface area contributed by atoms with E-state index in [0.717, 1.165) is 6.07 Å². The number of hydrogen-bond acceptors (Lipinski definition) is 4. The predicted molar refractivity (Wildman–Crippen MR) is 100 cm³/mol. The van der Waals surface area contributed by atoms with Gasteiger partial charge in [-0.15, -0.1) is 0 Å². The van der Waals surface area contributed by atoms with Gasteiger partial charge in [0.05, 0.1) is 6.61 Å². The zero-order chi connectivity index (χ0) is 22.9. The van der Waals surface area contributed by atoms with E-state index in [9.17, 15) is 31.9 Å². The largest absolute Gasteiger partial charge is 0.455 e. The number of aliphatic hydroxyl groups excluding tert-OH is 2. The SMILES string of the molecule is Cc1c([C@@H](NC(=O)Nc2cccc(C(O)CO)c2)C(F)(F)F)oc2c(F)cc(F)cc12. The molecule has 1 aromatic heterocycles. The van der Waals surface area contributed by atoms with Crippen LogP contribution in [0.3, 0.4) is 0 Å². The third-order valence-electron chi connectivity index (χ3n) is 4.56. The van der Waals surface area contributed by atoms with Crippen LogP contribution >= 0.6 is 0 Å². The molecule has 0 saturated carbocycles. The number of amides is 2. The number of anilines is 1. The summed E-state index contributed by atoms with van der Waals surface area (Å²) >= 11 is 0. The average Bonchev–Trinajstić information content (AvgIpc) is 3.01. The molecule has 11 heteroatoms. The number of halogens is 5. The minimum absolute atomic E-state index is 0.0536. The first kappa shape index (κ1) is 22.5. The van der Waals surface area contributed by atoms with Crippen LogP contribution in [-0.2, 0) is 0 Å². The molecule has 0 bridgehead atoms. The number of aliphatic hydroxyl groups is 2. The molecule has 166 valence electrons. The highest BCUT2D eigenvalue weighted by Crippen LogP contribution is 2.39. The smallest absolute Gasteiger partial charge is 0.416 e. The van der Waals surface area contributed by atoms with Gasteiger partial charge >= 0.3 is 12.2 Å².